The van der Waals surface area contributed by atoms with E-state index in [1.165, 1.54) is 24.3 Å². The largest absolute Gasteiger partial charge is 0.293 e. The predicted octanol–water partition coefficient (Wildman–Crippen LogP) is 2.56. The van der Waals surface area contributed by atoms with Crippen LogP contribution in [-0.4, -0.2) is 20.5 Å². The average Bonchev–Trinajstić information content (AvgIpc) is 2.16. The van der Waals surface area contributed by atoms with Crippen LogP contribution in [0.3, 0.4) is 0 Å². The normalized spacial score (nSPS) is 13.5. The number of halogens is 1. The molecule has 88 valence electrons. The molecule has 0 radical (unpaired) electrons. The number of carbonyl (C=O) groups excluding carboxylic acids is 1. The van der Waals surface area contributed by atoms with Crippen LogP contribution in [-0.2, 0) is 10.8 Å². The average molecular weight is 242 g/mol. The monoisotopic (exact) mass is 242 g/mol. The maximum absolute atomic E-state index is 12.9. The van der Waals surface area contributed by atoms with Crippen LogP contribution < -0.4 is 0 Å². The van der Waals surface area contributed by atoms with Crippen LogP contribution in [0.25, 0.3) is 0 Å². The summed E-state index contributed by atoms with van der Waals surface area (Å²) in [6, 6.07) is 5.45. The maximum atomic E-state index is 12.9. The second kappa shape index (κ2) is 4.87. The van der Waals surface area contributed by atoms with Crippen molar-refractivity contribution in [2.45, 2.75) is 25.5 Å². The smallest absolute Gasteiger partial charge is 0.175 e. The minimum absolute atomic E-state index is 0.0625. The Morgan fingerprint density at radius 3 is 2.50 bits per heavy atom. The molecule has 1 aromatic carbocycles. The van der Waals surface area contributed by atoms with E-state index in [1.54, 1.807) is 0 Å². The first-order valence-electron chi connectivity index (χ1n) is 4.98. The molecular weight excluding hydrogens is 227 g/mol. The zero-order valence-electron chi connectivity index (χ0n) is 9.62. The van der Waals surface area contributed by atoms with Crippen molar-refractivity contribution in [2.75, 3.05) is 5.75 Å². The zero-order chi connectivity index (χ0) is 12.3. The molecule has 0 fully saturated rings. The van der Waals surface area contributed by atoms with Gasteiger partial charge in [-0.3, -0.25) is 9.00 Å². The van der Waals surface area contributed by atoms with Crippen molar-refractivity contribution in [3.05, 3.63) is 35.6 Å². The lowest BCUT2D eigenvalue weighted by atomic mass is 10.1. The van der Waals surface area contributed by atoms with Gasteiger partial charge in [0.05, 0.1) is 5.75 Å². The fourth-order valence-corrected chi connectivity index (χ4v) is 1.92. The summed E-state index contributed by atoms with van der Waals surface area (Å²) in [7, 11) is -1.25. The highest BCUT2D eigenvalue weighted by Gasteiger charge is 2.22. The second-order valence-electron chi connectivity index (χ2n) is 4.54. The third kappa shape index (κ3) is 3.52. The van der Waals surface area contributed by atoms with Gasteiger partial charge in [0.15, 0.2) is 5.78 Å². The van der Waals surface area contributed by atoms with E-state index in [4.69, 9.17) is 0 Å². The summed E-state index contributed by atoms with van der Waals surface area (Å²) < 4.78 is 24.2. The van der Waals surface area contributed by atoms with Crippen molar-refractivity contribution in [3.63, 3.8) is 0 Å². The Morgan fingerprint density at radius 1 is 1.38 bits per heavy atom. The summed E-state index contributed by atoms with van der Waals surface area (Å²) in [6.45, 7) is 5.42. The molecule has 0 N–H and O–H groups in total. The molecular formula is C12H15FO2S. The van der Waals surface area contributed by atoms with E-state index in [0.717, 1.165) is 0 Å². The van der Waals surface area contributed by atoms with Crippen molar-refractivity contribution in [1.29, 1.82) is 0 Å². The van der Waals surface area contributed by atoms with Crippen LogP contribution in [0.2, 0.25) is 0 Å². The third-order valence-electron chi connectivity index (χ3n) is 2.09. The summed E-state index contributed by atoms with van der Waals surface area (Å²) in [5, 5.41) is 0. The maximum Gasteiger partial charge on any atom is 0.175 e. The van der Waals surface area contributed by atoms with E-state index >= 15 is 0 Å². The van der Waals surface area contributed by atoms with Crippen molar-refractivity contribution in [3.8, 4) is 0 Å². The number of carbonyl (C=O) groups is 1. The molecule has 0 heterocycles. The van der Waals surface area contributed by atoms with Gasteiger partial charge in [-0.25, -0.2) is 4.39 Å². The number of hydrogen-bond donors (Lipinski definition) is 0. The molecule has 0 aliphatic rings. The lowest BCUT2D eigenvalue weighted by molar-refractivity contribution is 0.102. The van der Waals surface area contributed by atoms with Crippen molar-refractivity contribution < 1.29 is 13.4 Å². The molecule has 0 saturated carbocycles. The summed E-state index contributed by atoms with van der Waals surface area (Å²) in [5.41, 5.74) is 0.276. The molecule has 0 amide bonds. The Labute approximate surface area is 97.3 Å². The van der Waals surface area contributed by atoms with E-state index < -0.39 is 21.4 Å². The molecule has 0 aromatic heterocycles. The van der Waals surface area contributed by atoms with E-state index in [-0.39, 0.29) is 17.1 Å². The number of Topliss-reactive ketones (excluding diaryl/α,β-unsaturated/α-hetero) is 1. The lowest BCUT2D eigenvalue weighted by Gasteiger charge is -2.16. The molecule has 0 spiro atoms. The summed E-state index contributed by atoms with van der Waals surface area (Å²) >= 11 is 0. The standard InChI is InChI=1S/C12H15FO2S/c1-12(2,3)16(15)8-11(14)9-5-4-6-10(13)7-9/h4-7H,8H2,1-3H3. The van der Waals surface area contributed by atoms with Gasteiger partial charge in [0.2, 0.25) is 0 Å². The van der Waals surface area contributed by atoms with Crippen molar-refractivity contribution in [1.82, 2.24) is 0 Å². The predicted molar refractivity (Wildman–Crippen MR) is 63.5 cm³/mol. The Kier molecular flexibility index (Phi) is 3.97. The first-order chi connectivity index (χ1) is 7.30. The molecule has 0 aliphatic heterocycles. The van der Waals surface area contributed by atoms with Crippen molar-refractivity contribution >= 4 is 16.6 Å². The first-order valence-corrected chi connectivity index (χ1v) is 6.30. The number of rotatable bonds is 3. The van der Waals surface area contributed by atoms with Gasteiger partial charge >= 0.3 is 0 Å². The van der Waals surface area contributed by atoms with Crippen LogP contribution in [0.15, 0.2) is 24.3 Å². The van der Waals surface area contributed by atoms with Crippen LogP contribution in [0.4, 0.5) is 4.39 Å². The lowest BCUT2D eigenvalue weighted by Crippen LogP contribution is -2.27. The van der Waals surface area contributed by atoms with E-state index in [2.05, 4.69) is 0 Å². The molecule has 2 nitrogen and oxygen atoms in total. The van der Waals surface area contributed by atoms with Gasteiger partial charge in [-0.1, -0.05) is 12.1 Å². The first kappa shape index (κ1) is 13.0. The molecule has 0 aliphatic carbocycles. The van der Waals surface area contributed by atoms with Gasteiger partial charge in [-0.2, -0.15) is 0 Å². The van der Waals surface area contributed by atoms with Crippen LogP contribution in [0, 0.1) is 5.82 Å². The van der Waals surface area contributed by atoms with Crippen LogP contribution in [0.1, 0.15) is 31.1 Å². The Morgan fingerprint density at radius 2 is 2.00 bits per heavy atom. The minimum atomic E-state index is -1.25. The Hall–Kier alpha value is -1.03. The van der Waals surface area contributed by atoms with E-state index in [9.17, 15) is 13.4 Å². The summed E-state index contributed by atoms with van der Waals surface area (Å²) in [6.07, 6.45) is 0. The SMILES string of the molecule is CC(C)(C)S(=O)CC(=O)c1cccc(F)c1. The fourth-order valence-electron chi connectivity index (χ4n) is 1.08. The molecule has 16 heavy (non-hydrogen) atoms. The Bertz CT molecular complexity index is 421. The molecule has 1 aromatic rings. The number of benzene rings is 1. The quantitative estimate of drug-likeness (QED) is 0.763. The fraction of sp³-hybridized carbons (Fsp3) is 0.417. The summed E-state index contributed by atoms with van der Waals surface area (Å²) in [4.78, 5) is 11.7. The molecule has 1 rings (SSSR count). The highest BCUT2D eigenvalue weighted by atomic mass is 32.2. The molecule has 4 heteroatoms. The Balaban J connectivity index is 2.78. The highest BCUT2D eigenvalue weighted by molar-refractivity contribution is 7.87. The molecule has 0 bridgehead atoms. The topological polar surface area (TPSA) is 34.1 Å². The summed E-state index contributed by atoms with van der Waals surface area (Å²) in [5.74, 6) is -0.799. The van der Waals surface area contributed by atoms with E-state index in [0.29, 0.717) is 0 Å². The second-order valence-corrected chi connectivity index (χ2v) is 6.74. The molecule has 1 atom stereocenters. The van der Waals surface area contributed by atoms with Gasteiger partial charge < -0.3 is 0 Å². The van der Waals surface area contributed by atoms with Crippen LogP contribution in [0.5, 0.6) is 0 Å². The van der Waals surface area contributed by atoms with Gasteiger partial charge in [-0.05, 0) is 32.9 Å². The third-order valence-corrected chi connectivity index (χ3v) is 3.98. The van der Waals surface area contributed by atoms with E-state index in [1.807, 2.05) is 20.8 Å². The van der Waals surface area contributed by atoms with Gasteiger partial charge in [0, 0.05) is 21.1 Å². The van der Waals surface area contributed by atoms with Gasteiger partial charge in [0.1, 0.15) is 5.82 Å². The van der Waals surface area contributed by atoms with Gasteiger partial charge in [-0.15, -0.1) is 0 Å². The highest BCUT2D eigenvalue weighted by Crippen LogP contribution is 2.13. The minimum Gasteiger partial charge on any atom is -0.293 e. The van der Waals surface area contributed by atoms with Gasteiger partial charge in [0.25, 0.3) is 0 Å². The number of ketones is 1. The number of hydrogen-bond acceptors (Lipinski definition) is 2. The van der Waals surface area contributed by atoms with Crippen LogP contribution >= 0.6 is 0 Å². The van der Waals surface area contributed by atoms with Crippen molar-refractivity contribution in [2.24, 2.45) is 0 Å². The molecule has 1 unspecified atom stereocenters. The molecule has 0 saturated heterocycles. The zero-order valence-corrected chi connectivity index (χ0v) is 10.4.